The SMILES string of the molecule is COC1C=CCC(O)C1OC. The van der Waals surface area contributed by atoms with Gasteiger partial charge < -0.3 is 14.6 Å². The Labute approximate surface area is 66.6 Å². The number of hydrogen-bond donors (Lipinski definition) is 1. The van der Waals surface area contributed by atoms with E-state index in [2.05, 4.69) is 0 Å². The fourth-order valence-corrected chi connectivity index (χ4v) is 1.32. The van der Waals surface area contributed by atoms with Crippen molar-refractivity contribution in [2.45, 2.75) is 24.7 Å². The summed E-state index contributed by atoms with van der Waals surface area (Å²) >= 11 is 0. The maximum absolute atomic E-state index is 9.41. The van der Waals surface area contributed by atoms with Crippen molar-refractivity contribution in [3.63, 3.8) is 0 Å². The van der Waals surface area contributed by atoms with Gasteiger partial charge in [0.2, 0.25) is 0 Å². The molecule has 0 bridgehead atoms. The van der Waals surface area contributed by atoms with Gasteiger partial charge in [0.25, 0.3) is 0 Å². The van der Waals surface area contributed by atoms with Crippen molar-refractivity contribution >= 4 is 0 Å². The van der Waals surface area contributed by atoms with Crippen LogP contribution in [-0.4, -0.2) is 37.6 Å². The fraction of sp³-hybridized carbons (Fsp3) is 0.750. The second-order valence-corrected chi connectivity index (χ2v) is 2.63. The maximum Gasteiger partial charge on any atom is 0.113 e. The van der Waals surface area contributed by atoms with E-state index in [1.807, 2.05) is 12.2 Å². The average molecular weight is 158 g/mol. The van der Waals surface area contributed by atoms with Crippen LogP contribution in [-0.2, 0) is 9.47 Å². The van der Waals surface area contributed by atoms with E-state index in [0.29, 0.717) is 6.42 Å². The lowest BCUT2D eigenvalue weighted by Crippen LogP contribution is -2.41. The number of hydrogen-bond acceptors (Lipinski definition) is 3. The smallest absolute Gasteiger partial charge is 0.113 e. The molecule has 3 heteroatoms. The predicted octanol–water partition coefficient (Wildman–Crippen LogP) is 0.337. The van der Waals surface area contributed by atoms with Gasteiger partial charge in [-0.25, -0.2) is 0 Å². The molecule has 1 aliphatic carbocycles. The molecule has 0 radical (unpaired) electrons. The topological polar surface area (TPSA) is 38.7 Å². The van der Waals surface area contributed by atoms with E-state index >= 15 is 0 Å². The van der Waals surface area contributed by atoms with Crippen LogP contribution >= 0.6 is 0 Å². The molecule has 0 amide bonds. The molecule has 0 aromatic carbocycles. The van der Waals surface area contributed by atoms with Crippen molar-refractivity contribution < 1.29 is 14.6 Å². The van der Waals surface area contributed by atoms with Crippen molar-refractivity contribution in [1.29, 1.82) is 0 Å². The monoisotopic (exact) mass is 158 g/mol. The van der Waals surface area contributed by atoms with Gasteiger partial charge in [0.15, 0.2) is 0 Å². The van der Waals surface area contributed by atoms with Gasteiger partial charge in [0.05, 0.1) is 6.10 Å². The summed E-state index contributed by atoms with van der Waals surface area (Å²) in [5.41, 5.74) is 0. The quantitative estimate of drug-likeness (QED) is 0.589. The van der Waals surface area contributed by atoms with Crippen LogP contribution in [0.3, 0.4) is 0 Å². The molecule has 0 spiro atoms. The summed E-state index contributed by atoms with van der Waals surface area (Å²) in [6.45, 7) is 0. The lowest BCUT2D eigenvalue weighted by Gasteiger charge is -2.29. The van der Waals surface area contributed by atoms with Gasteiger partial charge in [-0.3, -0.25) is 0 Å². The standard InChI is InChI=1S/C8H14O3/c1-10-7-5-3-4-6(9)8(7)11-2/h3,5-9H,4H2,1-2H3. The third-order valence-electron chi connectivity index (χ3n) is 1.95. The summed E-state index contributed by atoms with van der Waals surface area (Å²) < 4.78 is 10.2. The first-order chi connectivity index (χ1) is 5.29. The minimum atomic E-state index is -0.435. The molecule has 3 unspecified atom stereocenters. The number of ether oxygens (including phenoxy) is 2. The van der Waals surface area contributed by atoms with Crippen LogP contribution in [0.15, 0.2) is 12.2 Å². The van der Waals surface area contributed by atoms with Gasteiger partial charge >= 0.3 is 0 Å². The molecular formula is C8H14O3. The lowest BCUT2D eigenvalue weighted by atomic mass is 9.99. The highest BCUT2D eigenvalue weighted by Crippen LogP contribution is 2.17. The number of aliphatic hydroxyl groups is 1. The van der Waals surface area contributed by atoms with Gasteiger partial charge in [-0.2, -0.15) is 0 Å². The molecule has 0 aromatic heterocycles. The molecule has 0 fully saturated rings. The van der Waals surface area contributed by atoms with Crippen LogP contribution in [0.25, 0.3) is 0 Å². The minimum Gasteiger partial charge on any atom is -0.390 e. The minimum absolute atomic E-state index is 0.108. The van der Waals surface area contributed by atoms with Gasteiger partial charge in [0, 0.05) is 14.2 Å². The molecule has 3 nitrogen and oxygen atoms in total. The molecule has 1 rings (SSSR count). The Morgan fingerprint density at radius 1 is 1.36 bits per heavy atom. The summed E-state index contributed by atoms with van der Waals surface area (Å²) in [4.78, 5) is 0. The third-order valence-corrected chi connectivity index (χ3v) is 1.95. The molecule has 0 saturated carbocycles. The summed E-state index contributed by atoms with van der Waals surface area (Å²) in [5, 5.41) is 9.41. The molecule has 1 N–H and O–H groups in total. The van der Waals surface area contributed by atoms with Crippen LogP contribution in [0.2, 0.25) is 0 Å². The molecule has 0 aliphatic heterocycles. The van der Waals surface area contributed by atoms with E-state index in [4.69, 9.17) is 9.47 Å². The van der Waals surface area contributed by atoms with Gasteiger partial charge in [-0.05, 0) is 6.42 Å². The van der Waals surface area contributed by atoms with Crippen molar-refractivity contribution in [3.8, 4) is 0 Å². The molecule has 1 aliphatic rings. The molecular weight excluding hydrogens is 144 g/mol. The van der Waals surface area contributed by atoms with E-state index in [-0.39, 0.29) is 12.2 Å². The van der Waals surface area contributed by atoms with Crippen molar-refractivity contribution in [2.75, 3.05) is 14.2 Å². The molecule has 0 aromatic rings. The fourth-order valence-electron chi connectivity index (χ4n) is 1.32. The Morgan fingerprint density at radius 2 is 2.09 bits per heavy atom. The lowest BCUT2D eigenvalue weighted by molar-refractivity contribution is -0.0817. The summed E-state index contributed by atoms with van der Waals surface area (Å²) in [7, 11) is 3.19. The van der Waals surface area contributed by atoms with E-state index in [1.54, 1.807) is 14.2 Å². The molecule has 0 saturated heterocycles. The number of aliphatic hydroxyl groups excluding tert-OH is 1. The zero-order valence-corrected chi connectivity index (χ0v) is 6.86. The Balaban J connectivity index is 2.61. The van der Waals surface area contributed by atoms with Crippen LogP contribution < -0.4 is 0 Å². The van der Waals surface area contributed by atoms with E-state index in [9.17, 15) is 5.11 Å². The predicted molar refractivity (Wildman–Crippen MR) is 41.4 cm³/mol. The Hall–Kier alpha value is -0.380. The van der Waals surface area contributed by atoms with Crippen LogP contribution in [0.4, 0.5) is 0 Å². The average Bonchev–Trinajstić information content (AvgIpc) is 2.04. The van der Waals surface area contributed by atoms with Crippen LogP contribution in [0.5, 0.6) is 0 Å². The van der Waals surface area contributed by atoms with Crippen molar-refractivity contribution in [2.24, 2.45) is 0 Å². The van der Waals surface area contributed by atoms with Gasteiger partial charge in [-0.1, -0.05) is 12.2 Å². The van der Waals surface area contributed by atoms with Crippen molar-refractivity contribution in [1.82, 2.24) is 0 Å². The zero-order chi connectivity index (χ0) is 8.27. The van der Waals surface area contributed by atoms with Crippen LogP contribution in [0, 0.1) is 0 Å². The largest absolute Gasteiger partial charge is 0.390 e. The Morgan fingerprint density at radius 3 is 2.55 bits per heavy atom. The maximum atomic E-state index is 9.41. The Bertz CT molecular complexity index is 144. The molecule has 3 atom stereocenters. The molecule has 11 heavy (non-hydrogen) atoms. The summed E-state index contributed by atoms with van der Waals surface area (Å²) in [6, 6.07) is 0. The first-order valence-corrected chi connectivity index (χ1v) is 3.70. The van der Waals surface area contributed by atoms with Crippen LogP contribution in [0.1, 0.15) is 6.42 Å². The summed E-state index contributed by atoms with van der Waals surface area (Å²) in [5.74, 6) is 0. The second-order valence-electron chi connectivity index (χ2n) is 2.63. The zero-order valence-electron chi connectivity index (χ0n) is 6.86. The molecule has 0 heterocycles. The van der Waals surface area contributed by atoms with E-state index in [0.717, 1.165) is 0 Å². The van der Waals surface area contributed by atoms with Gasteiger partial charge in [0.1, 0.15) is 12.2 Å². The second kappa shape index (κ2) is 3.85. The normalized spacial score (nSPS) is 37.5. The number of methoxy groups -OCH3 is 2. The highest BCUT2D eigenvalue weighted by Gasteiger charge is 2.28. The first-order valence-electron chi connectivity index (χ1n) is 3.70. The third kappa shape index (κ3) is 1.80. The van der Waals surface area contributed by atoms with E-state index in [1.165, 1.54) is 0 Å². The molecule has 64 valence electrons. The Kier molecular flexibility index (Phi) is 3.05. The van der Waals surface area contributed by atoms with E-state index < -0.39 is 6.10 Å². The number of rotatable bonds is 2. The highest BCUT2D eigenvalue weighted by atomic mass is 16.5. The van der Waals surface area contributed by atoms with Gasteiger partial charge in [-0.15, -0.1) is 0 Å². The first kappa shape index (κ1) is 8.71. The summed E-state index contributed by atoms with van der Waals surface area (Å²) in [6.07, 6.45) is 3.72. The van der Waals surface area contributed by atoms with Crippen molar-refractivity contribution in [3.05, 3.63) is 12.2 Å². The highest BCUT2D eigenvalue weighted by molar-refractivity contribution is 5.03.